The molecule has 88 valence electrons. The van der Waals surface area contributed by atoms with E-state index in [4.69, 9.17) is 10.6 Å². The van der Waals surface area contributed by atoms with E-state index in [0.29, 0.717) is 0 Å². The number of benzene rings is 1. The standard InChI is InChI=1S/C12H18N2O2/c1-8-5-9(2)10(11(6-8)16-4)7-12(15)14(3)13/h5-6H,7,13H2,1-4H3. The topological polar surface area (TPSA) is 55.6 Å². The Bertz CT molecular complexity index is 400. The number of nitrogens with zero attached hydrogens (tertiary/aromatic N) is 1. The summed E-state index contributed by atoms with van der Waals surface area (Å²) in [6.07, 6.45) is 0.266. The van der Waals surface area contributed by atoms with Crippen molar-refractivity contribution in [3.8, 4) is 5.75 Å². The first-order valence-electron chi connectivity index (χ1n) is 5.11. The van der Waals surface area contributed by atoms with Crippen molar-refractivity contribution in [1.82, 2.24) is 5.01 Å². The van der Waals surface area contributed by atoms with Crippen LogP contribution in [-0.2, 0) is 11.2 Å². The SMILES string of the molecule is COc1cc(C)cc(C)c1CC(=O)N(C)N. The van der Waals surface area contributed by atoms with E-state index >= 15 is 0 Å². The molecule has 0 heterocycles. The molecule has 1 amide bonds. The summed E-state index contributed by atoms with van der Waals surface area (Å²) in [5.41, 5.74) is 3.06. The number of likely N-dealkylation sites (N-methyl/N-ethyl adjacent to an activating group) is 1. The normalized spacial score (nSPS) is 10.1. The minimum atomic E-state index is -0.134. The van der Waals surface area contributed by atoms with Crippen LogP contribution in [0.2, 0.25) is 0 Å². The molecule has 0 fully saturated rings. The molecule has 0 unspecified atom stereocenters. The highest BCUT2D eigenvalue weighted by Gasteiger charge is 2.13. The van der Waals surface area contributed by atoms with Gasteiger partial charge in [0.1, 0.15) is 5.75 Å². The molecule has 0 aliphatic heterocycles. The van der Waals surface area contributed by atoms with E-state index in [1.807, 2.05) is 26.0 Å². The summed E-state index contributed by atoms with van der Waals surface area (Å²) in [5, 5.41) is 1.10. The number of nitrogens with two attached hydrogens (primary N) is 1. The molecule has 4 nitrogen and oxygen atoms in total. The Morgan fingerprint density at radius 2 is 2.06 bits per heavy atom. The Labute approximate surface area is 96.0 Å². The molecule has 0 aliphatic carbocycles. The molecule has 16 heavy (non-hydrogen) atoms. The van der Waals surface area contributed by atoms with Gasteiger partial charge in [-0.05, 0) is 31.0 Å². The van der Waals surface area contributed by atoms with Gasteiger partial charge in [-0.15, -0.1) is 0 Å². The Kier molecular flexibility index (Phi) is 3.90. The third-order valence-electron chi connectivity index (χ3n) is 2.52. The van der Waals surface area contributed by atoms with Crippen LogP contribution in [-0.4, -0.2) is 25.1 Å². The molecule has 0 atom stereocenters. The van der Waals surface area contributed by atoms with Gasteiger partial charge in [-0.1, -0.05) is 6.07 Å². The van der Waals surface area contributed by atoms with Crippen LogP contribution in [0.25, 0.3) is 0 Å². The van der Waals surface area contributed by atoms with Crippen LogP contribution < -0.4 is 10.6 Å². The van der Waals surface area contributed by atoms with E-state index in [0.717, 1.165) is 27.4 Å². The zero-order valence-corrected chi connectivity index (χ0v) is 10.2. The fourth-order valence-corrected chi connectivity index (χ4v) is 1.64. The maximum atomic E-state index is 11.6. The molecule has 0 aliphatic rings. The highest BCUT2D eigenvalue weighted by molar-refractivity contribution is 5.79. The van der Waals surface area contributed by atoms with Gasteiger partial charge in [0.05, 0.1) is 13.5 Å². The molecule has 0 bridgehead atoms. The lowest BCUT2D eigenvalue weighted by atomic mass is 10.0. The highest BCUT2D eigenvalue weighted by atomic mass is 16.5. The summed E-state index contributed by atoms with van der Waals surface area (Å²) in [4.78, 5) is 11.6. The van der Waals surface area contributed by atoms with Gasteiger partial charge in [0.2, 0.25) is 5.91 Å². The maximum Gasteiger partial charge on any atom is 0.240 e. The van der Waals surface area contributed by atoms with Gasteiger partial charge >= 0.3 is 0 Å². The van der Waals surface area contributed by atoms with Crippen molar-refractivity contribution in [2.24, 2.45) is 5.84 Å². The van der Waals surface area contributed by atoms with Crippen LogP contribution in [0.5, 0.6) is 5.75 Å². The van der Waals surface area contributed by atoms with Gasteiger partial charge in [-0.2, -0.15) is 0 Å². The number of carbonyl (C=O) groups excluding carboxylic acids is 1. The van der Waals surface area contributed by atoms with Gasteiger partial charge in [-0.3, -0.25) is 9.80 Å². The van der Waals surface area contributed by atoms with Crippen molar-refractivity contribution in [1.29, 1.82) is 0 Å². The molecule has 0 spiro atoms. The first kappa shape index (κ1) is 12.5. The second kappa shape index (κ2) is 4.99. The lowest BCUT2D eigenvalue weighted by molar-refractivity contribution is -0.129. The lowest BCUT2D eigenvalue weighted by Crippen LogP contribution is -2.34. The predicted octanol–water partition coefficient (Wildman–Crippen LogP) is 1.19. The summed E-state index contributed by atoms with van der Waals surface area (Å²) in [5.74, 6) is 6.01. The van der Waals surface area contributed by atoms with E-state index in [2.05, 4.69) is 0 Å². The van der Waals surface area contributed by atoms with E-state index in [1.54, 1.807) is 14.2 Å². The van der Waals surface area contributed by atoms with Gasteiger partial charge in [0.25, 0.3) is 0 Å². The lowest BCUT2D eigenvalue weighted by Gasteiger charge is -2.15. The third-order valence-corrected chi connectivity index (χ3v) is 2.52. The summed E-state index contributed by atoms with van der Waals surface area (Å²) in [6, 6.07) is 3.95. The monoisotopic (exact) mass is 222 g/mol. The largest absolute Gasteiger partial charge is 0.496 e. The highest BCUT2D eigenvalue weighted by Crippen LogP contribution is 2.24. The van der Waals surface area contributed by atoms with E-state index in [9.17, 15) is 4.79 Å². The van der Waals surface area contributed by atoms with Crippen LogP contribution in [0.1, 0.15) is 16.7 Å². The molecule has 1 rings (SSSR count). The van der Waals surface area contributed by atoms with E-state index < -0.39 is 0 Å². The summed E-state index contributed by atoms with van der Waals surface area (Å²) < 4.78 is 5.28. The van der Waals surface area contributed by atoms with Gasteiger partial charge in [-0.25, -0.2) is 5.84 Å². The maximum absolute atomic E-state index is 11.6. The first-order valence-corrected chi connectivity index (χ1v) is 5.11. The van der Waals surface area contributed by atoms with Gasteiger partial charge in [0, 0.05) is 12.6 Å². The molecule has 0 aromatic heterocycles. The van der Waals surface area contributed by atoms with Crippen LogP contribution in [0.4, 0.5) is 0 Å². The van der Waals surface area contributed by atoms with Crippen LogP contribution in [0.15, 0.2) is 12.1 Å². The van der Waals surface area contributed by atoms with Crippen molar-refractivity contribution in [2.45, 2.75) is 20.3 Å². The molecule has 2 N–H and O–H groups in total. The number of methoxy groups -OCH3 is 1. The summed E-state index contributed by atoms with van der Waals surface area (Å²) in [6.45, 7) is 3.96. The average molecular weight is 222 g/mol. The summed E-state index contributed by atoms with van der Waals surface area (Å²) >= 11 is 0. The van der Waals surface area contributed by atoms with Crippen molar-refractivity contribution in [2.75, 3.05) is 14.2 Å². The number of aryl methyl sites for hydroxylation is 2. The molecular weight excluding hydrogens is 204 g/mol. The van der Waals surface area contributed by atoms with Crippen molar-refractivity contribution < 1.29 is 9.53 Å². The molecule has 0 saturated heterocycles. The van der Waals surface area contributed by atoms with E-state index in [1.165, 1.54) is 0 Å². The van der Waals surface area contributed by atoms with Crippen molar-refractivity contribution in [3.05, 3.63) is 28.8 Å². The quantitative estimate of drug-likeness (QED) is 0.475. The number of hydrogen-bond acceptors (Lipinski definition) is 3. The number of ether oxygens (including phenoxy) is 1. The zero-order chi connectivity index (χ0) is 12.3. The van der Waals surface area contributed by atoms with Crippen LogP contribution >= 0.6 is 0 Å². The molecule has 0 radical (unpaired) electrons. The molecule has 0 saturated carbocycles. The second-order valence-corrected chi connectivity index (χ2v) is 3.94. The molecule has 4 heteroatoms. The van der Waals surface area contributed by atoms with Crippen LogP contribution in [0, 0.1) is 13.8 Å². The first-order chi connectivity index (χ1) is 7.45. The minimum absolute atomic E-state index is 0.134. The third kappa shape index (κ3) is 2.73. The number of hydrogen-bond donors (Lipinski definition) is 1. The van der Waals surface area contributed by atoms with Gasteiger partial charge < -0.3 is 4.74 Å². The molecule has 1 aromatic rings. The Morgan fingerprint density at radius 3 is 2.56 bits per heavy atom. The Morgan fingerprint density at radius 1 is 1.44 bits per heavy atom. The number of amides is 1. The fraction of sp³-hybridized carbons (Fsp3) is 0.417. The number of hydrazine groups is 1. The molecular formula is C12H18N2O2. The second-order valence-electron chi connectivity index (χ2n) is 3.94. The fourth-order valence-electron chi connectivity index (χ4n) is 1.64. The predicted molar refractivity (Wildman–Crippen MR) is 63.1 cm³/mol. The molecule has 1 aromatic carbocycles. The average Bonchev–Trinajstić information content (AvgIpc) is 2.21. The number of rotatable bonds is 3. The zero-order valence-electron chi connectivity index (χ0n) is 10.2. The van der Waals surface area contributed by atoms with Crippen LogP contribution in [0.3, 0.4) is 0 Å². The van der Waals surface area contributed by atoms with E-state index in [-0.39, 0.29) is 12.3 Å². The van der Waals surface area contributed by atoms with Gasteiger partial charge in [0.15, 0.2) is 0 Å². The summed E-state index contributed by atoms with van der Waals surface area (Å²) in [7, 11) is 3.15. The van der Waals surface area contributed by atoms with Crippen molar-refractivity contribution >= 4 is 5.91 Å². The van der Waals surface area contributed by atoms with Crippen molar-refractivity contribution in [3.63, 3.8) is 0 Å². The Hall–Kier alpha value is -1.55. The Balaban J connectivity index is 3.07. The minimum Gasteiger partial charge on any atom is -0.496 e. The smallest absolute Gasteiger partial charge is 0.240 e. The number of carbonyl (C=O) groups is 1.